The van der Waals surface area contributed by atoms with Crippen molar-refractivity contribution in [2.45, 2.75) is 20.3 Å². The van der Waals surface area contributed by atoms with Crippen molar-refractivity contribution in [1.29, 1.82) is 0 Å². The lowest BCUT2D eigenvalue weighted by Crippen LogP contribution is -2.54. The van der Waals surface area contributed by atoms with Gasteiger partial charge in [-0.15, -0.1) is 0 Å². The maximum Gasteiger partial charge on any atom is 0.243 e. The van der Waals surface area contributed by atoms with E-state index < -0.39 is 0 Å². The van der Waals surface area contributed by atoms with Crippen molar-refractivity contribution in [2.24, 2.45) is 0 Å². The van der Waals surface area contributed by atoms with Crippen molar-refractivity contribution in [3.05, 3.63) is 0 Å². The minimum atomic E-state index is -0.141. The van der Waals surface area contributed by atoms with E-state index in [0.717, 1.165) is 0 Å². The Morgan fingerprint density at radius 2 is 1.67 bits per heavy atom. The number of nitrogens with zero attached hydrogens (tertiary/aromatic N) is 2. The van der Waals surface area contributed by atoms with E-state index in [1.54, 1.807) is 6.92 Å². The lowest BCUT2D eigenvalue weighted by molar-refractivity contribution is -0.151. The van der Waals surface area contributed by atoms with Crippen molar-refractivity contribution >= 4 is 17.6 Å². The lowest BCUT2D eigenvalue weighted by Gasteiger charge is -2.32. The van der Waals surface area contributed by atoms with E-state index in [9.17, 15) is 14.4 Å². The summed E-state index contributed by atoms with van der Waals surface area (Å²) >= 11 is 0. The fourth-order valence-corrected chi connectivity index (χ4v) is 1.46. The Balaban J connectivity index is 2.59. The van der Waals surface area contributed by atoms with Gasteiger partial charge in [0, 0.05) is 13.0 Å². The first-order chi connectivity index (χ1) is 7.08. The third kappa shape index (κ3) is 2.78. The van der Waals surface area contributed by atoms with Crippen molar-refractivity contribution in [2.75, 3.05) is 26.2 Å². The van der Waals surface area contributed by atoms with Crippen LogP contribution in [0.5, 0.6) is 0 Å². The van der Waals surface area contributed by atoms with Crippen LogP contribution < -0.4 is 0 Å². The van der Waals surface area contributed by atoms with Crippen molar-refractivity contribution in [3.63, 3.8) is 0 Å². The van der Waals surface area contributed by atoms with Gasteiger partial charge in [0.1, 0.15) is 6.54 Å². The van der Waals surface area contributed by atoms with Gasteiger partial charge in [0.2, 0.25) is 11.8 Å². The fourth-order valence-electron chi connectivity index (χ4n) is 1.46. The number of likely N-dealkylation sites (N-methyl/N-ethyl adjacent to an activating group) is 1. The highest BCUT2D eigenvalue weighted by atomic mass is 16.2. The maximum absolute atomic E-state index is 11.5. The molecule has 0 spiro atoms. The molecule has 1 rings (SSSR count). The quantitative estimate of drug-likeness (QED) is 0.640. The Morgan fingerprint density at radius 3 is 2.20 bits per heavy atom. The topological polar surface area (TPSA) is 57.7 Å². The summed E-state index contributed by atoms with van der Waals surface area (Å²) in [6.07, 6.45) is 0.398. The SMILES string of the molecule is CCC(=O)CN1CC(=O)N(CC)CC1=O. The Kier molecular flexibility index (Phi) is 3.82. The molecule has 1 saturated heterocycles. The smallest absolute Gasteiger partial charge is 0.243 e. The van der Waals surface area contributed by atoms with E-state index in [2.05, 4.69) is 0 Å². The molecule has 1 fully saturated rings. The highest BCUT2D eigenvalue weighted by molar-refractivity contribution is 5.95. The number of carbonyl (C=O) groups is 3. The summed E-state index contributed by atoms with van der Waals surface area (Å²) in [7, 11) is 0. The van der Waals surface area contributed by atoms with Gasteiger partial charge in [0.15, 0.2) is 5.78 Å². The Hall–Kier alpha value is -1.39. The van der Waals surface area contributed by atoms with Gasteiger partial charge < -0.3 is 9.80 Å². The first-order valence-corrected chi connectivity index (χ1v) is 5.15. The summed E-state index contributed by atoms with van der Waals surface area (Å²) < 4.78 is 0. The summed E-state index contributed by atoms with van der Waals surface area (Å²) in [6, 6.07) is 0. The van der Waals surface area contributed by atoms with E-state index in [1.165, 1.54) is 9.80 Å². The van der Waals surface area contributed by atoms with Crippen LogP contribution in [-0.4, -0.2) is 53.6 Å². The molecule has 15 heavy (non-hydrogen) atoms. The molecule has 1 aliphatic heterocycles. The molecule has 0 radical (unpaired) electrons. The zero-order valence-corrected chi connectivity index (χ0v) is 9.15. The molecule has 2 amide bonds. The van der Waals surface area contributed by atoms with Gasteiger partial charge in [-0.2, -0.15) is 0 Å². The standard InChI is InChI=1S/C10H16N2O3/c1-3-8(13)5-12-7-9(14)11(4-2)6-10(12)15/h3-7H2,1-2H3. The summed E-state index contributed by atoms with van der Waals surface area (Å²) in [5.74, 6) is -0.236. The molecule has 84 valence electrons. The van der Waals surface area contributed by atoms with E-state index in [-0.39, 0.29) is 37.2 Å². The van der Waals surface area contributed by atoms with Crippen molar-refractivity contribution in [1.82, 2.24) is 9.80 Å². The summed E-state index contributed by atoms with van der Waals surface area (Å²) in [4.78, 5) is 37.0. The first kappa shape index (κ1) is 11.7. The molecule has 0 aromatic heterocycles. The third-order valence-electron chi connectivity index (χ3n) is 2.50. The van der Waals surface area contributed by atoms with Crippen LogP contribution in [0.2, 0.25) is 0 Å². The molecule has 1 aliphatic rings. The summed E-state index contributed by atoms with van der Waals surface area (Å²) in [5.41, 5.74) is 0. The van der Waals surface area contributed by atoms with Crippen LogP contribution in [0.3, 0.4) is 0 Å². The molecular formula is C10H16N2O3. The molecule has 0 N–H and O–H groups in total. The van der Waals surface area contributed by atoms with Crippen molar-refractivity contribution < 1.29 is 14.4 Å². The zero-order chi connectivity index (χ0) is 11.4. The van der Waals surface area contributed by atoms with E-state index in [4.69, 9.17) is 0 Å². The van der Waals surface area contributed by atoms with Crippen LogP contribution in [0, 0.1) is 0 Å². The predicted molar refractivity (Wildman–Crippen MR) is 54.1 cm³/mol. The molecule has 0 atom stereocenters. The third-order valence-corrected chi connectivity index (χ3v) is 2.50. The Labute approximate surface area is 89.0 Å². The molecule has 5 nitrogen and oxygen atoms in total. The average Bonchev–Trinajstić information content (AvgIpc) is 2.22. The van der Waals surface area contributed by atoms with Gasteiger partial charge in [-0.1, -0.05) is 6.92 Å². The number of hydrogen-bond acceptors (Lipinski definition) is 3. The second kappa shape index (κ2) is 4.91. The van der Waals surface area contributed by atoms with Crippen LogP contribution in [0.15, 0.2) is 0 Å². The molecule has 0 aromatic rings. The molecule has 0 aliphatic carbocycles. The molecule has 1 heterocycles. The van der Waals surface area contributed by atoms with Gasteiger partial charge in [0.05, 0.1) is 13.1 Å². The number of hydrogen-bond donors (Lipinski definition) is 0. The molecule has 5 heteroatoms. The van der Waals surface area contributed by atoms with Crippen LogP contribution >= 0.6 is 0 Å². The molecule has 0 unspecified atom stereocenters. The number of Topliss-reactive ketones (excluding diaryl/α,β-unsaturated/α-hetero) is 1. The molecule has 0 saturated carbocycles. The molecular weight excluding hydrogens is 196 g/mol. The molecule has 0 bridgehead atoms. The van der Waals surface area contributed by atoms with E-state index in [0.29, 0.717) is 13.0 Å². The second-order valence-electron chi connectivity index (χ2n) is 3.55. The fraction of sp³-hybridized carbons (Fsp3) is 0.700. The first-order valence-electron chi connectivity index (χ1n) is 5.15. The predicted octanol–water partition coefficient (Wildman–Crippen LogP) is -0.344. The highest BCUT2D eigenvalue weighted by Gasteiger charge is 2.29. The Morgan fingerprint density at radius 1 is 1.13 bits per heavy atom. The maximum atomic E-state index is 11.5. The number of piperazine rings is 1. The van der Waals surface area contributed by atoms with Crippen LogP contribution in [0.4, 0.5) is 0 Å². The van der Waals surface area contributed by atoms with E-state index in [1.807, 2.05) is 6.92 Å². The minimum absolute atomic E-state index is 0.0129. The number of amides is 2. The number of carbonyl (C=O) groups excluding carboxylic acids is 3. The van der Waals surface area contributed by atoms with E-state index >= 15 is 0 Å². The monoisotopic (exact) mass is 212 g/mol. The largest absolute Gasteiger partial charge is 0.332 e. The highest BCUT2D eigenvalue weighted by Crippen LogP contribution is 2.04. The summed E-state index contributed by atoms with van der Waals surface area (Å²) in [5, 5.41) is 0. The zero-order valence-electron chi connectivity index (χ0n) is 9.15. The summed E-state index contributed by atoms with van der Waals surface area (Å²) in [6.45, 7) is 4.33. The average molecular weight is 212 g/mol. The van der Waals surface area contributed by atoms with Gasteiger partial charge in [-0.05, 0) is 6.92 Å². The van der Waals surface area contributed by atoms with Crippen LogP contribution in [0.1, 0.15) is 20.3 Å². The number of rotatable bonds is 4. The van der Waals surface area contributed by atoms with Crippen LogP contribution in [-0.2, 0) is 14.4 Å². The second-order valence-corrected chi connectivity index (χ2v) is 3.55. The normalized spacial score (nSPS) is 17.2. The van der Waals surface area contributed by atoms with Gasteiger partial charge >= 0.3 is 0 Å². The molecule has 0 aromatic carbocycles. The van der Waals surface area contributed by atoms with Gasteiger partial charge in [-0.3, -0.25) is 14.4 Å². The van der Waals surface area contributed by atoms with Gasteiger partial charge in [0.25, 0.3) is 0 Å². The van der Waals surface area contributed by atoms with Crippen molar-refractivity contribution in [3.8, 4) is 0 Å². The van der Waals surface area contributed by atoms with Crippen LogP contribution in [0.25, 0.3) is 0 Å². The Bertz CT molecular complexity index is 288. The van der Waals surface area contributed by atoms with Gasteiger partial charge in [-0.25, -0.2) is 0 Å². The number of ketones is 1. The minimum Gasteiger partial charge on any atom is -0.332 e. The lowest BCUT2D eigenvalue weighted by atomic mass is 10.2.